The molecule has 1 fully saturated rings. The highest BCUT2D eigenvalue weighted by Gasteiger charge is 2.64. The number of carbonyl (C=O) groups is 4. The first-order valence-electron chi connectivity index (χ1n) is 10.2. The number of hydrogen-bond acceptors (Lipinski definition) is 9. The van der Waals surface area contributed by atoms with Crippen molar-refractivity contribution in [2.45, 2.75) is 37.0 Å². The van der Waals surface area contributed by atoms with Gasteiger partial charge in [-0.25, -0.2) is 4.79 Å². The molecule has 1 aromatic rings. The minimum absolute atomic E-state index is 0.0534. The molecule has 0 saturated heterocycles. The van der Waals surface area contributed by atoms with Gasteiger partial charge in [-0.05, 0) is 39.6 Å². The standard InChI is InChI=1S/C22H23ClN2O8/c1-21(15-10(23)4-5-11(26)13(15)20(31)33-21)8-6-9-16(25(2)3)17(28)14(19(24)30)18(29)22(9,32)12(27)7-8/h4-5,8-9,16,26,29,32H,6-7H2,1-3H3,(H2,24,30)/t8-,9-,16-,21-,22-/m1/s1. The molecule has 1 heterocycles. The summed E-state index contributed by atoms with van der Waals surface area (Å²) in [7, 11) is 3.05. The third kappa shape index (κ3) is 2.94. The molecule has 1 aromatic carbocycles. The molecule has 0 bridgehead atoms. The fourth-order valence-corrected chi connectivity index (χ4v) is 5.89. The first-order valence-corrected chi connectivity index (χ1v) is 10.6. The number of cyclic esters (lactones) is 1. The normalized spacial score (nSPS) is 33.8. The summed E-state index contributed by atoms with van der Waals surface area (Å²) in [6.07, 6.45) is -0.422. The number of fused-ring (bicyclic) bond motifs is 2. The first-order chi connectivity index (χ1) is 15.3. The van der Waals surface area contributed by atoms with Gasteiger partial charge in [0.1, 0.15) is 28.2 Å². The highest BCUT2D eigenvalue weighted by Crippen LogP contribution is 2.55. The van der Waals surface area contributed by atoms with Crippen molar-refractivity contribution in [3.05, 3.63) is 39.6 Å². The number of nitrogens with two attached hydrogens (primary N) is 1. The van der Waals surface area contributed by atoms with Crippen molar-refractivity contribution in [3.8, 4) is 5.75 Å². The summed E-state index contributed by atoms with van der Waals surface area (Å²) in [6.45, 7) is 1.55. The van der Waals surface area contributed by atoms with Crippen LogP contribution in [0.5, 0.6) is 5.75 Å². The van der Waals surface area contributed by atoms with Gasteiger partial charge in [0.25, 0.3) is 5.91 Å². The van der Waals surface area contributed by atoms with Crippen molar-refractivity contribution in [2.75, 3.05) is 14.1 Å². The van der Waals surface area contributed by atoms with Crippen molar-refractivity contribution in [1.82, 2.24) is 4.90 Å². The van der Waals surface area contributed by atoms with Gasteiger partial charge in [-0.1, -0.05) is 11.6 Å². The Hall–Kier alpha value is -2.95. The number of carbonyl (C=O) groups excluding carboxylic acids is 4. The number of esters is 1. The van der Waals surface area contributed by atoms with Crippen LogP contribution in [0.3, 0.4) is 0 Å². The highest BCUT2D eigenvalue weighted by molar-refractivity contribution is 6.32. The summed E-state index contributed by atoms with van der Waals surface area (Å²) in [5.74, 6) is -7.08. The molecule has 3 aliphatic rings. The molecule has 1 amide bonds. The van der Waals surface area contributed by atoms with Gasteiger partial charge in [-0.3, -0.25) is 19.3 Å². The Labute approximate surface area is 193 Å². The maximum Gasteiger partial charge on any atom is 0.343 e. The molecule has 1 saturated carbocycles. The molecule has 5 atom stereocenters. The Morgan fingerprint density at radius 3 is 2.45 bits per heavy atom. The van der Waals surface area contributed by atoms with Gasteiger partial charge in [0, 0.05) is 28.8 Å². The third-order valence-electron chi connectivity index (χ3n) is 7.15. The van der Waals surface area contributed by atoms with Crippen LogP contribution in [0.4, 0.5) is 0 Å². The number of aliphatic hydroxyl groups is 2. The predicted octanol–water partition coefficient (Wildman–Crippen LogP) is 0.568. The molecule has 5 N–H and O–H groups in total. The van der Waals surface area contributed by atoms with Crippen LogP contribution in [-0.2, 0) is 24.7 Å². The Morgan fingerprint density at radius 1 is 1.24 bits per heavy atom. The molecule has 11 heteroatoms. The van der Waals surface area contributed by atoms with Gasteiger partial charge >= 0.3 is 5.97 Å². The second-order valence-electron chi connectivity index (χ2n) is 9.11. The van der Waals surface area contributed by atoms with E-state index in [4.69, 9.17) is 22.1 Å². The molecular formula is C22H23ClN2O8. The topological polar surface area (TPSA) is 167 Å². The number of aromatic hydroxyl groups is 1. The quantitative estimate of drug-likeness (QED) is 0.358. The van der Waals surface area contributed by atoms with Crippen LogP contribution < -0.4 is 5.73 Å². The van der Waals surface area contributed by atoms with Gasteiger partial charge in [0.2, 0.25) is 0 Å². The van der Waals surface area contributed by atoms with Crippen LogP contribution in [0, 0.1) is 11.8 Å². The number of benzene rings is 1. The van der Waals surface area contributed by atoms with E-state index >= 15 is 0 Å². The van der Waals surface area contributed by atoms with Gasteiger partial charge in [-0.2, -0.15) is 0 Å². The second-order valence-corrected chi connectivity index (χ2v) is 9.51. The van der Waals surface area contributed by atoms with Crippen molar-refractivity contribution in [3.63, 3.8) is 0 Å². The zero-order chi connectivity index (χ0) is 24.6. The van der Waals surface area contributed by atoms with E-state index in [0.29, 0.717) is 0 Å². The number of halogens is 1. The van der Waals surface area contributed by atoms with Crippen molar-refractivity contribution in [2.24, 2.45) is 17.6 Å². The van der Waals surface area contributed by atoms with E-state index < -0.39 is 63.9 Å². The van der Waals surface area contributed by atoms with E-state index in [9.17, 15) is 34.5 Å². The van der Waals surface area contributed by atoms with Gasteiger partial charge < -0.3 is 25.8 Å². The largest absolute Gasteiger partial charge is 0.508 e. The molecule has 10 nitrogen and oxygen atoms in total. The Morgan fingerprint density at radius 2 is 1.88 bits per heavy atom. The van der Waals surface area contributed by atoms with Crippen LogP contribution in [0.1, 0.15) is 35.7 Å². The number of nitrogens with zero attached hydrogens (tertiary/aromatic N) is 1. The van der Waals surface area contributed by atoms with Gasteiger partial charge in [-0.15, -0.1) is 0 Å². The summed E-state index contributed by atoms with van der Waals surface area (Å²) in [4.78, 5) is 52.3. The lowest BCUT2D eigenvalue weighted by Gasteiger charge is -2.50. The SMILES string of the molecule is CN(C)[C@H]1C(=O)C(C(N)=O)=C(O)[C@]2(O)C(=O)C[C@H]([C@@]3(C)OC(=O)c4c(O)ccc(Cl)c43)C[C@H]12. The number of ketones is 2. The number of Topliss-reactive ketones (excluding diaryl/α,β-unsaturated/α-hetero) is 2. The molecule has 0 radical (unpaired) electrons. The van der Waals surface area contributed by atoms with Crippen molar-refractivity contribution >= 4 is 35.0 Å². The molecule has 1 aliphatic heterocycles. The van der Waals surface area contributed by atoms with Crippen LogP contribution in [0.15, 0.2) is 23.5 Å². The van der Waals surface area contributed by atoms with Crippen molar-refractivity contribution < 1.29 is 39.2 Å². The van der Waals surface area contributed by atoms with E-state index in [1.165, 1.54) is 31.1 Å². The Kier molecular flexibility index (Phi) is 5.12. The molecule has 33 heavy (non-hydrogen) atoms. The summed E-state index contributed by atoms with van der Waals surface area (Å²) >= 11 is 6.35. The summed E-state index contributed by atoms with van der Waals surface area (Å²) in [6, 6.07) is 1.49. The number of phenols is 1. The number of ether oxygens (including phenoxy) is 1. The fraction of sp³-hybridized carbons (Fsp3) is 0.455. The van der Waals surface area contributed by atoms with Gasteiger partial charge in [0.15, 0.2) is 17.2 Å². The average molecular weight is 479 g/mol. The fourth-order valence-electron chi connectivity index (χ4n) is 5.54. The van der Waals surface area contributed by atoms with Gasteiger partial charge in [0.05, 0.1) is 6.04 Å². The number of likely N-dealkylation sites (N-methyl/N-ethyl adjacent to an activating group) is 1. The smallest absolute Gasteiger partial charge is 0.343 e. The number of amides is 1. The number of phenolic OH excluding ortho intramolecular Hbond substituents is 1. The summed E-state index contributed by atoms with van der Waals surface area (Å²) in [5, 5.41) is 32.4. The average Bonchev–Trinajstić information content (AvgIpc) is 2.99. The molecule has 0 spiro atoms. The lowest BCUT2D eigenvalue weighted by molar-refractivity contribution is -0.166. The van der Waals surface area contributed by atoms with Crippen LogP contribution in [0.2, 0.25) is 5.02 Å². The Bertz CT molecular complexity index is 1160. The summed E-state index contributed by atoms with van der Waals surface area (Å²) < 4.78 is 5.63. The maximum absolute atomic E-state index is 13.3. The van der Waals surface area contributed by atoms with E-state index in [1.54, 1.807) is 6.92 Å². The minimum Gasteiger partial charge on any atom is -0.508 e. The van der Waals surface area contributed by atoms with E-state index in [2.05, 4.69) is 0 Å². The Balaban J connectivity index is 1.87. The third-order valence-corrected chi connectivity index (χ3v) is 7.46. The molecule has 0 aromatic heterocycles. The number of primary amides is 1. The summed E-state index contributed by atoms with van der Waals surface area (Å²) in [5.41, 5.74) is 0.581. The first kappa shape index (κ1) is 23.2. The molecule has 176 valence electrons. The maximum atomic E-state index is 13.3. The number of hydrogen-bond donors (Lipinski definition) is 4. The van der Waals surface area contributed by atoms with Crippen LogP contribution in [0.25, 0.3) is 0 Å². The molecular weight excluding hydrogens is 456 g/mol. The minimum atomic E-state index is -2.52. The van der Waals surface area contributed by atoms with Crippen LogP contribution in [-0.4, -0.2) is 69.4 Å². The molecule has 0 unspecified atom stereocenters. The van der Waals surface area contributed by atoms with Crippen LogP contribution >= 0.6 is 11.6 Å². The van der Waals surface area contributed by atoms with E-state index in [1.807, 2.05) is 0 Å². The molecule has 4 rings (SSSR count). The van der Waals surface area contributed by atoms with E-state index in [-0.39, 0.29) is 34.7 Å². The van der Waals surface area contributed by atoms with E-state index in [0.717, 1.165) is 0 Å². The number of rotatable bonds is 3. The number of aliphatic hydroxyl groups excluding tert-OH is 1. The highest BCUT2D eigenvalue weighted by atomic mass is 35.5. The molecule has 2 aliphatic carbocycles. The lowest BCUT2D eigenvalue weighted by Crippen LogP contribution is -2.65. The zero-order valence-electron chi connectivity index (χ0n) is 18.1. The lowest BCUT2D eigenvalue weighted by atomic mass is 9.58. The zero-order valence-corrected chi connectivity index (χ0v) is 18.8. The monoisotopic (exact) mass is 478 g/mol. The second kappa shape index (κ2) is 7.28. The van der Waals surface area contributed by atoms with Crippen molar-refractivity contribution in [1.29, 1.82) is 0 Å². The predicted molar refractivity (Wildman–Crippen MR) is 113 cm³/mol.